The van der Waals surface area contributed by atoms with Gasteiger partial charge in [-0.15, -0.1) is 9.24 Å². The molecule has 0 aromatic heterocycles. The van der Waals surface area contributed by atoms with Crippen molar-refractivity contribution in [2.24, 2.45) is 0 Å². The van der Waals surface area contributed by atoms with Crippen LogP contribution in [0.5, 0.6) is 0 Å². The molecule has 0 saturated heterocycles. The molecule has 2 atom stereocenters. The van der Waals surface area contributed by atoms with Crippen molar-refractivity contribution in [3.8, 4) is 0 Å². The fourth-order valence-electron chi connectivity index (χ4n) is 0.648. The third kappa shape index (κ3) is 3.82. The van der Waals surface area contributed by atoms with Crippen LogP contribution in [0, 0.1) is 0 Å². The molecule has 0 aromatic carbocycles. The Kier molecular flexibility index (Phi) is 5.08. The molecule has 0 rings (SSSR count). The molecule has 0 fully saturated rings. The van der Waals surface area contributed by atoms with Crippen molar-refractivity contribution >= 4 is 9.24 Å². The van der Waals surface area contributed by atoms with E-state index in [4.69, 9.17) is 0 Å². The zero-order chi connectivity index (χ0) is 9.72. The second-order valence-electron chi connectivity index (χ2n) is 2.85. The Hall–Kier alpha value is -0.420. The molecule has 0 heterocycles. The summed E-state index contributed by atoms with van der Waals surface area (Å²) in [6.45, 7) is 8.89. The zero-order valence-electron chi connectivity index (χ0n) is 7.89. The van der Waals surface area contributed by atoms with E-state index in [2.05, 4.69) is 15.8 Å². The van der Waals surface area contributed by atoms with Crippen molar-refractivity contribution < 1.29 is 4.39 Å². The van der Waals surface area contributed by atoms with Gasteiger partial charge < -0.3 is 0 Å². The van der Waals surface area contributed by atoms with Crippen molar-refractivity contribution in [1.82, 2.24) is 0 Å². The molecule has 2 unspecified atom stereocenters. The quantitative estimate of drug-likeness (QED) is 0.466. The molecule has 0 aliphatic rings. The van der Waals surface area contributed by atoms with Gasteiger partial charge in [0.25, 0.3) is 0 Å². The Morgan fingerprint density at radius 2 is 2.00 bits per heavy atom. The van der Waals surface area contributed by atoms with Crippen LogP contribution in [0.2, 0.25) is 0 Å². The van der Waals surface area contributed by atoms with Crippen LogP contribution in [0.1, 0.15) is 20.8 Å². The maximum atomic E-state index is 12.8. The monoisotopic (exact) mass is 186 g/mol. The summed E-state index contributed by atoms with van der Waals surface area (Å²) in [5.74, 6) is 0. The second-order valence-corrected chi connectivity index (χ2v) is 3.47. The van der Waals surface area contributed by atoms with E-state index < -0.39 is 6.17 Å². The molecule has 0 aliphatic heterocycles. The third-order valence-electron chi connectivity index (χ3n) is 1.76. The largest absolute Gasteiger partial charge is 0.243 e. The fourth-order valence-corrected chi connectivity index (χ4v) is 1.14. The van der Waals surface area contributed by atoms with E-state index in [1.807, 2.05) is 13.0 Å². The standard InChI is InChI=1S/C10H16FP/c1-5-7(2)6-10(12)8(3)9(4)11/h5-6,9H,1,12H2,2-4H3/b7-6-,10-8+. The first-order valence-corrected chi connectivity index (χ1v) is 4.47. The third-order valence-corrected chi connectivity index (χ3v) is 2.38. The van der Waals surface area contributed by atoms with Crippen molar-refractivity contribution in [3.63, 3.8) is 0 Å². The van der Waals surface area contributed by atoms with E-state index >= 15 is 0 Å². The zero-order valence-corrected chi connectivity index (χ0v) is 9.05. The molecule has 0 amide bonds. The van der Waals surface area contributed by atoms with E-state index in [0.29, 0.717) is 0 Å². The summed E-state index contributed by atoms with van der Waals surface area (Å²) in [5.41, 5.74) is 1.79. The van der Waals surface area contributed by atoms with Crippen molar-refractivity contribution in [1.29, 1.82) is 0 Å². The fraction of sp³-hybridized carbons (Fsp3) is 0.400. The Morgan fingerprint density at radius 3 is 2.33 bits per heavy atom. The Labute approximate surface area is 76.5 Å². The summed E-state index contributed by atoms with van der Waals surface area (Å²) in [6, 6.07) is 0. The van der Waals surface area contributed by atoms with Gasteiger partial charge in [-0.2, -0.15) is 0 Å². The lowest BCUT2D eigenvalue weighted by molar-refractivity contribution is 0.411. The predicted octanol–water partition coefficient (Wildman–Crippen LogP) is 3.63. The summed E-state index contributed by atoms with van der Waals surface area (Å²) in [6.07, 6.45) is 2.77. The summed E-state index contributed by atoms with van der Waals surface area (Å²) >= 11 is 0. The Balaban J connectivity index is 4.68. The maximum Gasteiger partial charge on any atom is 0.119 e. The molecule has 0 saturated carbocycles. The average Bonchev–Trinajstić information content (AvgIpc) is 2.02. The van der Waals surface area contributed by atoms with Crippen molar-refractivity contribution in [2.75, 3.05) is 0 Å². The van der Waals surface area contributed by atoms with Gasteiger partial charge in [0.1, 0.15) is 6.17 Å². The van der Waals surface area contributed by atoms with Crippen LogP contribution in [-0.2, 0) is 0 Å². The first kappa shape index (κ1) is 11.6. The smallest absolute Gasteiger partial charge is 0.119 e. The molecule has 0 aliphatic carbocycles. The maximum absolute atomic E-state index is 12.8. The topological polar surface area (TPSA) is 0 Å². The number of alkyl halides is 1. The molecule has 12 heavy (non-hydrogen) atoms. The number of hydrogen-bond acceptors (Lipinski definition) is 0. The van der Waals surface area contributed by atoms with Gasteiger partial charge in [-0.3, -0.25) is 0 Å². The lowest BCUT2D eigenvalue weighted by Gasteiger charge is -2.04. The normalized spacial score (nSPS) is 16.9. The molecule has 0 bridgehead atoms. The molecule has 0 N–H and O–H groups in total. The number of hydrogen-bond donors (Lipinski definition) is 0. The minimum atomic E-state index is -0.883. The minimum Gasteiger partial charge on any atom is -0.243 e. The molecule has 0 spiro atoms. The van der Waals surface area contributed by atoms with Crippen LogP contribution < -0.4 is 0 Å². The molecule has 68 valence electrons. The van der Waals surface area contributed by atoms with Gasteiger partial charge in [-0.25, -0.2) is 4.39 Å². The first-order chi connectivity index (χ1) is 5.49. The molecule has 0 aromatic rings. The van der Waals surface area contributed by atoms with E-state index in [0.717, 1.165) is 16.5 Å². The highest BCUT2D eigenvalue weighted by atomic mass is 31.0. The molecular weight excluding hydrogens is 170 g/mol. The Bertz CT molecular complexity index is 224. The molecular formula is C10H16FP. The van der Waals surface area contributed by atoms with Gasteiger partial charge in [-0.1, -0.05) is 24.3 Å². The van der Waals surface area contributed by atoms with Crippen LogP contribution in [0.3, 0.4) is 0 Å². The number of halogens is 1. The van der Waals surface area contributed by atoms with E-state index in [9.17, 15) is 4.39 Å². The lowest BCUT2D eigenvalue weighted by Crippen LogP contribution is -1.95. The van der Waals surface area contributed by atoms with Crippen LogP contribution in [0.15, 0.2) is 35.2 Å². The predicted molar refractivity (Wildman–Crippen MR) is 56.9 cm³/mol. The van der Waals surface area contributed by atoms with Crippen molar-refractivity contribution in [3.05, 3.63) is 35.2 Å². The number of allylic oxidation sites excluding steroid dienone is 5. The molecule has 0 nitrogen and oxygen atoms in total. The van der Waals surface area contributed by atoms with Crippen molar-refractivity contribution in [2.45, 2.75) is 26.9 Å². The van der Waals surface area contributed by atoms with Gasteiger partial charge in [0.15, 0.2) is 0 Å². The Morgan fingerprint density at radius 1 is 1.50 bits per heavy atom. The van der Waals surface area contributed by atoms with Crippen LogP contribution in [0.25, 0.3) is 0 Å². The van der Waals surface area contributed by atoms with Gasteiger partial charge in [0.2, 0.25) is 0 Å². The van der Waals surface area contributed by atoms with Gasteiger partial charge in [0.05, 0.1) is 0 Å². The summed E-state index contributed by atoms with van der Waals surface area (Å²) in [5, 5.41) is 0.905. The van der Waals surface area contributed by atoms with Gasteiger partial charge in [0, 0.05) is 0 Å². The minimum absolute atomic E-state index is 0.751. The lowest BCUT2D eigenvalue weighted by atomic mass is 10.1. The number of rotatable bonds is 3. The van der Waals surface area contributed by atoms with Crippen LogP contribution >= 0.6 is 9.24 Å². The highest BCUT2D eigenvalue weighted by molar-refractivity contribution is 7.23. The molecule has 2 heteroatoms. The highest BCUT2D eigenvalue weighted by Gasteiger charge is 2.02. The average molecular weight is 186 g/mol. The van der Waals surface area contributed by atoms with Gasteiger partial charge >= 0.3 is 0 Å². The van der Waals surface area contributed by atoms with Crippen LogP contribution in [-0.4, -0.2) is 6.17 Å². The summed E-state index contributed by atoms with van der Waals surface area (Å²) in [4.78, 5) is 0. The van der Waals surface area contributed by atoms with E-state index in [1.54, 1.807) is 13.0 Å². The first-order valence-electron chi connectivity index (χ1n) is 3.90. The van der Waals surface area contributed by atoms with E-state index in [1.165, 1.54) is 6.92 Å². The van der Waals surface area contributed by atoms with E-state index in [-0.39, 0.29) is 0 Å². The second kappa shape index (κ2) is 5.27. The van der Waals surface area contributed by atoms with Gasteiger partial charge in [-0.05, 0) is 31.7 Å². The van der Waals surface area contributed by atoms with Crippen LogP contribution in [0.4, 0.5) is 4.39 Å². The SMILES string of the molecule is C=C/C(C)=C\C(P)=C(\C)C(C)F. The summed E-state index contributed by atoms with van der Waals surface area (Å²) < 4.78 is 12.8. The molecule has 0 radical (unpaired) electrons. The highest BCUT2D eigenvalue weighted by Crippen LogP contribution is 2.20. The summed E-state index contributed by atoms with van der Waals surface area (Å²) in [7, 11) is 2.53.